The lowest BCUT2D eigenvalue weighted by Crippen LogP contribution is -2.19. The van der Waals surface area contributed by atoms with E-state index in [1.165, 1.54) is 0 Å². The smallest absolute Gasteiger partial charge is 0.131 e. The van der Waals surface area contributed by atoms with Gasteiger partial charge in [0.05, 0.1) is 5.69 Å². The minimum atomic E-state index is -0.259. The maximum absolute atomic E-state index is 6.24. The average Bonchev–Trinajstić information content (AvgIpc) is 2.76. The van der Waals surface area contributed by atoms with E-state index in [-0.39, 0.29) is 6.04 Å². The molecule has 4 heteroatoms. The summed E-state index contributed by atoms with van der Waals surface area (Å²) in [4.78, 5) is 8.76. The normalized spacial score (nSPS) is 12.7. The molecule has 2 N–H and O–H groups in total. The number of rotatable bonds is 3. The van der Waals surface area contributed by atoms with Gasteiger partial charge in [0.2, 0.25) is 0 Å². The van der Waals surface area contributed by atoms with Crippen LogP contribution < -0.4 is 5.73 Å². The first kappa shape index (κ1) is 11.8. The Morgan fingerprint density at radius 1 is 1.35 bits per heavy atom. The van der Waals surface area contributed by atoms with E-state index in [1.807, 2.05) is 30.8 Å². The molecule has 0 spiro atoms. The Hall–Kier alpha value is -1.68. The van der Waals surface area contributed by atoms with Crippen molar-refractivity contribution >= 4 is 0 Å². The minimum Gasteiger partial charge on any atom is -0.334 e. The topological polar surface area (TPSA) is 56.7 Å². The highest BCUT2D eigenvalue weighted by atomic mass is 15.1. The van der Waals surface area contributed by atoms with Crippen LogP contribution in [0, 0.1) is 13.8 Å². The van der Waals surface area contributed by atoms with Gasteiger partial charge in [-0.3, -0.25) is 4.98 Å². The number of aromatic nitrogens is 3. The van der Waals surface area contributed by atoms with E-state index in [4.69, 9.17) is 5.73 Å². The van der Waals surface area contributed by atoms with Crippen LogP contribution in [0.15, 0.2) is 24.7 Å². The molecule has 0 saturated carbocycles. The Morgan fingerprint density at radius 3 is 2.76 bits per heavy atom. The summed E-state index contributed by atoms with van der Waals surface area (Å²) in [5.41, 5.74) is 9.41. The average molecular weight is 230 g/mol. The van der Waals surface area contributed by atoms with Gasteiger partial charge in [-0.2, -0.15) is 0 Å². The molecule has 1 unspecified atom stereocenters. The number of nitrogens with two attached hydrogens (primary N) is 1. The summed E-state index contributed by atoms with van der Waals surface area (Å²) in [7, 11) is 0. The molecular weight excluding hydrogens is 212 g/mol. The van der Waals surface area contributed by atoms with Gasteiger partial charge >= 0.3 is 0 Å². The quantitative estimate of drug-likeness (QED) is 0.877. The zero-order chi connectivity index (χ0) is 12.4. The fourth-order valence-electron chi connectivity index (χ4n) is 2.04. The van der Waals surface area contributed by atoms with Crippen molar-refractivity contribution in [1.29, 1.82) is 0 Å². The predicted molar refractivity (Wildman–Crippen MR) is 67.6 cm³/mol. The van der Waals surface area contributed by atoms with Crippen LogP contribution in [0.2, 0.25) is 0 Å². The molecule has 0 aliphatic carbocycles. The summed E-state index contributed by atoms with van der Waals surface area (Å²) in [5.74, 6) is 0.868. The second-order valence-corrected chi connectivity index (χ2v) is 4.26. The van der Waals surface area contributed by atoms with Crippen LogP contribution in [0.4, 0.5) is 0 Å². The molecule has 2 aromatic heterocycles. The van der Waals surface area contributed by atoms with Crippen LogP contribution >= 0.6 is 0 Å². The molecule has 0 saturated heterocycles. The van der Waals surface area contributed by atoms with E-state index in [9.17, 15) is 0 Å². The lowest BCUT2D eigenvalue weighted by Gasteiger charge is -2.15. The molecule has 0 bridgehead atoms. The molecule has 0 fully saturated rings. The highest BCUT2D eigenvalue weighted by Gasteiger charge is 2.17. The van der Waals surface area contributed by atoms with Crippen molar-refractivity contribution in [2.24, 2.45) is 5.73 Å². The van der Waals surface area contributed by atoms with Crippen molar-refractivity contribution in [2.45, 2.75) is 33.4 Å². The number of pyridine rings is 1. The van der Waals surface area contributed by atoms with Crippen molar-refractivity contribution in [2.75, 3.05) is 0 Å². The lowest BCUT2D eigenvalue weighted by atomic mass is 10.1. The fourth-order valence-corrected chi connectivity index (χ4v) is 2.04. The Labute approximate surface area is 102 Å². The molecule has 17 heavy (non-hydrogen) atoms. The van der Waals surface area contributed by atoms with Gasteiger partial charge in [0, 0.05) is 25.1 Å². The van der Waals surface area contributed by atoms with Crippen molar-refractivity contribution in [1.82, 2.24) is 14.5 Å². The molecule has 0 aliphatic rings. The third kappa shape index (κ3) is 2.22. The maximum atomic E-state index is 6.24. The Morgan fingerprint density at radius 2 is 2.12 bits per heavy atom. The van der Waals surface area contributed by atoms with Gasteiger partial charge < -0.3 is 10.3 Å². The zero-order valence-corrected chi connectivity index (χ0v) is 10.5. The van der Waals surface area contributed by atoms with Crippen molar-refractivity contribution < 1.29 is 0 Å². The van der Waals surface area contributed by atoms with Crippen LogP contribution in [-0.4, -0.2) is 14.5 Å². The second kappa shape index (κ2) is 4.67. The third-order valence-electron chi connectivity index (χ3n) is 2.92. The number of nitrogens with zero attached hydrogens (tertiary/aromatic N) is 3. The molecule has 4 nitrogen and oxygen atoms in total. The van der Waals surface area contributed by atoms with E-state index in [2.05, 4.69) is 23.0 Å². The van der Waals surface area contributed by atoms with Gasteiger partial charge in [0.1, 0.15) is 11.9 Å². The van der Waals surface area contributed by atoms with Gasteiger partial charge in [0.15, 0.2) is 0 Å². The molecule has 0 radical (unpaired) electrons. The van der Waals surface area contributed by atoms with Crippen LogP contribution in [0.1, 0.15) is 35.6 Å². The van der Waals surface area contributed by atoms with Crippen molar-refractivity contribution in [3.63, 3.8) is 0 Å². The Kier molecular flexibility index (Phi) is 3.24. The van der Waals surface area contributed by atoms with Gasteiger partial charge in [0.25, 0.3) is 0 Å². The van der Waals surface area contributed by atoms with Gasteiger partial charge in [-0.1, -0.05) is 6.07 Å². The van der Waals surface area contributed by atoms with Crippen molar-refractivity contribution in [3.05, 3.63) is 47.3 Å². The number of hydrogen-bond donors (Lipinski definition) is 1. The summed E-state index contributed by atoms with van der Waals surface area (Å²) in [6, 6.07) is 1.84. The zero-order valence-electron chi connectivity index (χ0n) is 10.5. The van der Waals surface area contributed by atoms with Gasteiger partial charge in [-0.15, -0.1) is 0 Å². The number of imidazole rings is 1. The van der Waals surface area contributed by atoms with Gasteiger partial charge in [-0.05, 0) is 31.9 Å². The SMILES string of the molecule is CCn1ccnc1C(N)c1ncc(C)cc1C. The van der Waals surface area contributed by atoms with Gasteiger partial charge in [-0.25, -0.2) is 4.98 Å². The maximum Gasteiger partial charge on any atom is 0.131 e. The van der Waals surface area contributed by atoms with Crippen LogP contribution in [-0.2, 0) is 6.54 Å². The fraction of sp³-hybridized carbons (Fsp3) is 0.385. The third-order valence-corrected chi connectivity index (χ3v) is 2.92. The van der Waals surface area contributed by atoms with Crippen LogP contribution in [0.3, 0.4) is 0 Å². The highest BCUT2D eigenvalue weighted by Crippen LogP contribution is 2.20. The minimum absolute atomic E-state index is 0.259. The highest BCUT2D eigenvalue weighted by molar-refractivity contribution is 5.29. The molecule has 2 aromatic rings. The first-order valence-electron chi connectivity index (χ1n) is 5.83. The first-order chi connectivity index (χ1) is 8.13. The summed E-state index contributed by atoms with van der Waals surface area (Å²) in [5, 5.41) is 0. The van der Waals surface area contributed by atoms with E-state index in [0.29, 0.717) is 0 Å². The summed E-state index contributed by atoms with van der Waals surface area (Å²) in [6.45, 7) is 7.01. The van der Waals surface area contributed by atoms with E-state index in [1.54, 1.807) is 6.20 Å². The molecule has 2 rings (SSSR count). The number of hydrogen-bond acceptors (Lipinski definition) is 3. The summed E-state index contributed by atoms with van der Waals surface area (Å²) in [6.07, 6.45) is 5.57. The molecule has 1 atom stereocenters. The Balaban J connectivity index is 2.40. The van der Waals surface area contributed by atoms with E-state index < -0.39 is 0 Å². The summed E-state index contributed by atoms with van der Waals surface area (Å²) >= 11 is 0. The number of aryl methyl sites for hydroxylation is 3. The van der Waals surface area contributed by atoms with Crippen LogP contribution in [0.25, 0.3) is 0 Å². The second-order valence-electron chi connectivity index (χ2n) is 4.26. The largest absolute Gasteiger partial charge is 0.334 e. The summed E-state index contributed by atoms with van der Waals surface area (Å²) < 4.78 is 2.05. The predicted octanol–water partition coefficient (Wildman–Crippen LogP) is 1.96. The molecule has 90 valence electrons. The Bertz CT molecular complexity index is 516. The van der Waals surface area contributed by atoms with Crippen LogP contribution in [0.5, 0.6) is 0 Å². The van der Waals surface area contributed by atoms with E-state index in [0.717, 1.165) is 29.2 Å². The molecule has 0 amide bonds. The van der Waals surface area contributed by atoms with E-state index >= 15 is 0 Å². The molecular formula is C13H18N4. The molecule has 0 aromatic carbocycles. The first-order valence-corrected chi connectivity index (χ1v) is 5.83. The molecule has 0 aliphatic heterocycles. The molecule has 2 heterocycles. The lowest BCUT2D eigenvalue weighted by molar-refractivity contribution is 0.644. The standard InChI is InChI=1S/C13H18N4/c1-4-17-6-5-15-13(17)11(14)12-10(3)7-9(2)8-16-12/h5-8,11H,4,14H2,1-3H3. The van der Waals surface area contributed by atoms with Crippen molar-refractivity contribution in [3.8, 4) is 0 Å². The monoisotopic (exact) mass is 230 g/mol.